The molecule has 4 saturated carbocycles. The average molecular weight is 1270 g/mol. The van der Waals surface area contributed by atoms with Gasteiger partial charge in [0.2, 0.25) is 0 Å². The first-order valence-corrected chi connectivity index (χ1v) is 31.2. The normalized spacial score (nSPS) is 55.6. The van der Waals surface area contributed by atoms with Gasteiger partial charge < -0.3 is 134 Å². The number of hydrogen-bond donors (Lipinski definition) is 16. The van der Waals surface area contributed by atoms with Crippen LogP contribution in [0.25, 0.3) is 0 Å². The van der Waals surface area contributed by atoms with Crippen LogP contribution in [0.3, 0.4) is 0 Å². The minimum atomic E-state index is -2.02. The molecule has 0 aromatic heterocycles. The zero-order chi connectivity index (χ0) is 64.3. The highest BCUT2D eigenvalue weighted by Crippen LogP contribution is 2.76. The Kier molecular flexibility index (Phi) is 19.9. The molecule has 5 aliphatic carbocycles. The van der Waals surface area contributed by atoms with Gasteiger partial charge in [0, 0.05) is 10.8 Å². The van der Waals surface area contributed by atoms with Crippen molar-refractivity contribution in [2.75, 3.05) is 46.8 Å². The zero-order valence-electron chi connectivity index (χ0n) is 51.3. The van der Waals surface area contributed by atoms with Crippen molar-refractivity contribution >= 4 is 5.97 Å². The molecular formula is C60H98O28. The summed E-state index contributed by atoms with van der Waals surface area (Å²) in [5.41, 5.74) is -4.00. The van der Waals surface area contributed by atoms with Crippen molar-refractivity contribution in [3.05, 3.63) is 11.6 Å². The number of fused-ring (bicyclic) bond motifs is 7. The van der Waals surface area contributed by atoms with Gasteiger partial charge in [-0.3, -0.25) is 0 Å². The lowest BCUT2D eigenvalue weighted by molar-refractivity contribution is -0.396. The summed E-state index contributed by atoms with van der Waals surface area (Å²) < 4.78 is 65.0. The van der Waals surface area contributed by atoms with Crippen molar-refractivity contribution in [2.24, 2.45) is 50.2 Å². The van der Waals surface area contributed by atoms with Gasteiger partial charge >= 0.3 is 5.97 Å². The first-order chi connectivity index (χ1) is 41.2. The van der Waals surface area contributed by atoms with Gasteiger partial charge in [0.25, 0.3) is 0 Å². The third-order valence-electron chi connectivity index (χ3n) is 23.8. The molecular weight excluding hydrogens is 1170 g/mol. The number of aliphatic hydroxyl groups excluding tert-OH is 15. The molecule has 34 unspecified atom stereocenters. The van der Waals surface area contributed by atoms with Gasteiger partial charge in [-0.15, -0.1) is 0 Å². The monoisotopic (exact) mass is 1270 g/mol. The van der Waals surface area contributed by atoms with Crippen molar-refractivity contribution in [3.63, 3.8) is 0 Å². The second-order valence-electron chi connectivity index (χ2n) is 29.0. The largest absolute Gasteiger partial charge is 0.467 e. The van der Waals surface area contributed by atoms with Crippen molar-refractivity contribution in [2.45, 2.75) is 259 Å². The fraction of sp³-hybridized carbons (Fsp3) is 0.950. The fourth-order valence-corrected chi connectivity index (χ4v) is 17.8. The predicted octanol–water partition coefficient (Wildman–Crippen LogP) is -3.95. The van der Waals surface area contributed by atoms with Crippen molar-refractivity contribution < 1.29 is 139 Å². The van der Waals surface area contributed by atoms with Gasteiger partial charge in [-0.05, 0) is 104 Å². The van der Waals surface area contributed by atoms with Crippen LogP contribution in [0, 0.1) is 50.2 Å². The SMILES string of the molecule is COC(=O)C1OC(OC2CCC3(C)C(CCC4(C)C3CC=C3C5CC(C)(COC6OC(COC7OCC(O)(CO)C7O)C(O)C(O)C6O)CC(O)C5(C)CCC34C)C2(C)CO)C(OC2OC(CO)C(O)C(O)C2OC2OC(C)C(O)C(O)C2O)C(O)C1O. The van der Waals surface area contributed by atoms with Crippen LogP contribution in [0.15, 0.2) is 11.6 Å². The summed E-state index contributed by atoms with van der Waals surface area (Å²) in [7, 11) is 1.06. The average Bonchev–Trinajstić information content (AvgIpc) is 0.794. The van der Waals surface area contributed by atoms with E-state index in [2.05, 4.69) is 33.8 Å². The quantitative estimate of drug-likeness (QED) is 0.0398. The summed E-state index contributed by atoms with van der Waals surface area (Å²) in [5.74, 6) is -1.29. The van der Waals surface area contributed by atoms with Gasteiger partial charge in [-0.1, -0.05) is 53.2 Å². The van der Waals surface area contributed by atoms with E-state index in [0.717, 1.165) is 26.4 Å². The molecule has 5 aliphatic heterocycles. The molecule has 34 atom stereocenters. The van der Waals surface area contributed by atoms with Gasteiger partial charge in [-0.2, -0.15) is 0 Å². The number of carbonyl (C=O) groups excluding carboxylic acids is 1. The number of ether oxygens (including phenoxy) is 11. The first-order valence-electron chi connectivity index (χ1n) is 31.2. The molecule has 0 aromatic rings. The van der Waals surface area contributed by atoms with Crippen LogP contribution in [-0.2, 0) is 56.9 Å². The van der Waals surface area contributed by atoms with E-state index in [-0.39, 0.29) is 41.8 Å². The fourth-order valence-electron chi connectivity index (χ4n) is 17.8. The highest BCUT2D eigenvalue weighted by Gasteiger charge is 2.70. The summed E-state index contributed by atoms with van der Waals surface area (Å²) in [6.07, 6.45) is -30.9. The lowest BCUT2D eigenvalue weighted by atomic mass is 9.33. The smallest absolute Gasteiger partial charge is 0.337 e. The van der Waals surface area contributed by atoms with E-state index < -0.39 is 207 Å². The van der Waals surface area contributed by atoms with E-state index in [1.807, 2.05) is 13.8 Å². The third-order valence-corrected chi connectivity index (χ3v) is 23.8. The van der Waals surface area contributed by atoms with Crippen LogP contribution in [0.2, 0.25) is 0 Å². The zero-order valence-corrected chi connectivity index (χ0v) is 51.3. The Hall–Kier alpha value is -1.83. The highest BCUT2D eigenvalue weighted by molar-refractivity contribution is 5.75. The van der Waals surface area contributed by atoms with E-state index in [1.54, 1.807) is 0 Å². The summed E-state index contributed by atoms with van der Waals surface area (Å²) in [4.78, 5) is 13.2. The van der Waals surface area contributed by atoms with Crippen LogP contribution < -0.4 is 0 Å². The molecule has 0 amide bonds. The van der Waals surface area contributed by atoms with Crippen LogP contribution in [0.1, 0.15) is 106 Å². The molecule has 10 aliphatic rings. The maximum absolute atomic E-state index is 13.2. The van der Waals surface area contributed by atoms with E-state index >= 15 is 0 Å². The Morgan fingerprint density at radius 3 is 1.88 bits per heavy atom. The van der Waals surface area contributed by atoms with Gasteiger partial charge in [0.1, 0.15) is 97.2 Å². The lowest BCUT2D eigenvalue weighted by Crippen LogP contribution is -2.68. The standard InChI is InChI=1S/C60H98O28/c1-25-34(65)37(68)43(74)50(82-25)87-45-39(70)35(66)28(19-61)83-51(45)88-46-41(72)40(71)44(48(76)78-8)86-52(46)85-33-12-13-56(4)30(57(33,5)21-62)11-14-59(7)31(56)10-9-26-27-17-54(2,18-32(64)55(27,3)15-16-58(26,59)6)23-80-49-42(73)38(69)36(67)29(84-49)20-79-53-47(75)60(77,22-63)24-81-53/h9,25,27-47,49-53,61-75,77H,10-24H2,1-8H3. The summed E-state index contributed by atoms with van der Waals surface area (Å²) in [5, 5.41) is 175. The molecule has 88 heavy (non-hydrogen) atoms. The van der Waals surface area contributed by atoms with Crippen LogP contribution in [-0.4, -0.2) is 287 Å². The summed E-state index contributed by atoms with van der Waals surface area (Å²) >= 11 is 0. The molecule has 0 aromatic carbocycles. The molecule has 506 valence electrons. The molecule has 0 bridgehead atoms. The molecule has 5 heterocycles. The maximum atomic E-state index is 13.2. The first kappa shape index (κ1) is 69.0. The minimum Gasteiger partial charge on any atom is -0.467 e. The Morgan fingerprint density at radius 1 is 0.602 bits per heavy atom. The molecule has 28 heteroatoms. The van der Waals surface area contributed by atoms with E-state index in [9.17, 15) is 86.5 Å². The number of hydrogen-bond acceptors (Lipinski definition) is 28. The van der Waals surface area contributed by atoms with Crippen LogP contribution in [0.4, 0.5) is 0 Å². The molecule has 10 rings (SSSR count). The molecule has 5 saturated heterocycles. The van der Waals surface area contributed by atoms with Gasteiger partial charge in [0.15, 0.2) is 37.6 Å². The Balaban J connectivity index is 0.869. The molecule has 28 nitrogen and oxygen atoms in total. The minimum absolute atomic E-state index is 0.00375. The topological polar surface area (TPSA) is 442 Å². The van der Waals surface area contributed by atoms with Gasteiger partial charge in [-0.25, -0.2) is 4.79 Å². The predicted molar refractivity (Wildman–Crippen MR) is 296 cm³/mol. The Morgan fingerprint density at radius 2 is 1.23 bits per heavy atom. The van der Waals surface area contributed by atoms with Crippen molar-refractivity contribution in [1.29, 1.82) is 0 Å². The van der Waals surface area contributed by atoms with E-state index in [0.29, 0.717) is 38.5 Å². The molecule has 9 fully saturated rings. The van der Waals surface area contributed by atoms with Crippen LogP contribution >= 0.6 is 0 Å². The molecule has 0 spiro atoms. The van der Waals surface area contributed by atoms with Crippen molar-refractivity contribution in [1.82, 2.24) is 0 Å². The van der Waals surface area contributed by atoms with Gasteiger partial charge in [0.05, 0.1) is 65.1 Å². The van der Waals surface area contributed by atoms with E-state index in [1.165, 1.54) is 12.5 Å². The van der Waals surface area contributed by atoms with Crippen LogP contribution in [0.5, 0.6) is 0 Å². The maximum Gasteiger partial charge on any atom is 0.337 e. The van der Waals surface area contributed by atoms with Crippen molar-refractivity contribution in [3.8, 4) is 0 Å². The third kappa shape index (κ3) is 11.4. The Bertz CT molecular complexity index is 2470. The van der Waals surface area contributed by atoms with E-state index in [4.69, 9.17) is 52.1 Å². The second kappa shape index (κ2) is 25.4. The Labute approximate surface area is 511 Å². The number of carbonyl (C=O) groups is 1. The number of esters is 1. The second-order valence-corrected chi connectivity index (χ2v) is 29.0. The number of methoxy groups -OCH3 is 1. The highest BCUT2D eigenvalue weighted by atomic mass is 16.8. The number of allylic oxidation sites excluding steroid dienone is 2. The molecule has 0 radical (unpaired) electrons. The summed E-state index contributed by atoms with van der Waals surface area (Å²) in [6, 6.07) is 0. The summed E-state index contributed by atoms with van der Waals surface area (Å²) in [6.45, 7) is 11.6. The molecule has 16 N–H and O–H groups in total. The lowest BCUT2D eigenvalue weighted by Gasteiger charge is -2.72. The number of aliphatic hydroxyl groups is 16. The number of rotatable bonds is 16.